The highest BCUT2D eigenvalue weighted by Gasteiger charge is 2.26. The van der Waals surface area contributed by atoms with E-state index in [0.717, 1.165) is 4.31 Å². The molecule has 31 heavy (non-hydrogen) atoms. The Kier molecular flexibility index (Phi) is 7.66. The van der Waals surface area contributed by atoms with Crippen LogP contribution in [0.25, 0.3) is 0 Å². The maximum atomic E-state index is 12.5. The molecule has 2 aromatic carbocycles. The van der Waals surface area contributed by atoms with Gasteiger partial charge in [-0.2, -0.15) is 0 Å². The van der Waals surface area contributed by atoms with Gasteiger partial charge in [-0.3, -0.25) is 14.1 Å². The topological polar surface area (TPSA) is 136 Å². The van der Waals surface area contributed by atoms with Crippen molar-refractivity contribution in [2.45, 2.75) is 27.7 Å². The Morgan fingerprint density at radius 3 is 2.23 bits per heavy atom. The number of rotatable bonds is 6. The Morgan fingerprint density at radius 2 is 1.71 bits per heavy atom. The van der Waals surface area contributed by atoms with Crippen molar-refractivity contribution in [1.82, 2.24) is 0 Å². The van der Waals surface area contributed by atoms with E-state index in [1.165, 1.54) is 36.4 Å². The van der Waals surface area contributed by atoms with Crippen LogP contribution >= 0.6 is 0 Å². The van der Waals surface area contributed by atoms with Crippen LogP contribution in [0.1, 0.15) is 36.7 Å². The third-order valence-corrected chi connectivity index (χ3v) is 4.73. The van der Waals surface area contributed by atoms with Gasteiger partial charge in [-0.05, 0) is 64.1 Å². The molecule has 10 heteroatoms. The molecule has 0 heterocycles. The molecular weight excluding hydrogens is 424 g/mol. The molecular formula is C21H24N2O7S. The second kappa shape index (κ2) is 9.82. The maximum absolute atomic E-state index is 12.5. The van der Waals surface area contributed by atoms with Gasteiger partial charge in [-0.25, -0.2) is 13.3 Å². The fraction of sp³-hybridized carbons (Fsp3) is 0.286. The Morgan fingerprint density at radius 1 is 1.10 bits per heavy atom. The first-order valence-electron chi connectivity index (χ1n) is 9.23. The third kappa shape index (κ3) is 6.20. The Balaban J connectivity index is 2.43. The molecule has 0 spiro atoms. The highest BCUT2D eigenvalue weighted by Crippen LogP contribution is 2.32. The van der Waals surface area contributed by atoms with Gasteiger partial charge in [0, 0.05) is 0 Å². The third-order valence-electron chi connectivity index (χ3n) is 4.01. The minimum absolute atomic E-state index is 0.0423. The molecule has 3 N–H and O–H groups in total. The summed E-state index contributed by atoms with van der Waals surface area (Å²) in [6, 6.07) is 10.4. The summed E-state index contributed by atoms with van der Waals surface area (Å²) in [5.41, 5.74) is 5.34. The fourth-order valence-electron chi connectivity index (χ4n) is 2.41. The van der Waals surface area contributed by atoms with Crippen LogP contribution in [-0.4, -0.2) is 33.2 Å². The molecule has 9 nitrogen and oxygen atoms in total. The number of esters is 3. The zero-order chi connectivity index (χ0) is 23.3. The number of carbonyl (C=O) groups excluding carboxylic acids is 3. The van der Waals surface area contributed by atoms with E-state index >= 15 is 0 Å². The molecule has 166 valence electrons. The van der Waals surface area contributed by atoms with Crippen LogP contribution in [0.4, 0.5) is 11.4 Å². The van der Waals surface area contributed by atoms with Crippen molar-refractivity contribution >= 4 is 40.5 Å². The van der Waals surface area contributed by atoms with Gasteiger partial charge < -0.3 is 15.2 Å². The number of benzene rings is 2. The van der Waals surface area contributed by atoms with Gasteiger partial charge in [0.15, 0.2) is 0 Å². The molecule has 0 saturated carbocycles. The van der Waals surface area contributed by atoms with E-state index in [1.54, 1.807) is 33.8 Å². The minimum Gasteiger partial charge on any atom is -0.426 e. The fourth-order valence-corrected chi connectivity index (χ4v) is 3.04. The summed E-state index contributed by atoms with van der Waals surface area (Å²) >= 11 is -2.58. The summed E-state index contributed by atoms with van der Waals surface area (Å²) in [5.74, 6) is -2.11. The lowest BCUT2D eigenvalue weighted by Gasteiger charge is -2.23. The Bertz CT molecular complexity index is 1010. The summed E-state index contributed by atoms with van der Waals surface area (Å²) in [5, 5.41) is 0. The van der Waals surface area contributed by atoms with Gasteiger partial charge in [0.1, 0.15) is 5.75 Å². The van der Waals surface area contributed by atoms with Gasteiger partial charge >= 0.3 is 17.9 Å². The monoisotopic (exact) mass is 448 g/mol. The van der Waals surface area contributed by atoms with Gasteiger partial charge in [0.25, 0.3) is 11.3 Å². The number of nitrogens with two attached hydrogens (primary N) is 1. The molecule has 0 radical (unpaired) electrons. The summed E-state index contributed by atoms with van der Waals surface area (Å²) < 4.78 is 33.0. The van der Waals surface area contributed by atoms with Crippen LogP contribution < -0.4 is 14.8 Å². The maximum Gasteiger partial charge on any atom is 0.347 e. The number of hydrogen-bond donors (Lipinski definition) is 2. The highest BCUT2D eigenvalue weighted by atomic mass is 32.2. The van der Waals surface area contributed by atoms with E-state index in [2.05, 4.69) is 4.74 Å². The normalized spacial score (nSPS) is 12.1. The minimum atomic E-state index is -2.58. The standard InChI is InChI=1S/C21H24N2O7S/c1-13-5-10-17(16(11-13)19(25)30-18(24)12-22)23(31(27)28)14-6-8-15(9-7-14)29-20(26)21(2,3)4/h5-11H,12,22H2,1-4H3,(H,27,28). The predicted molar refractivity (Wildman–Crippen MR) is 115 cm³/mol. The van der Waals surface area contributed by atoms with E-state index in [1.807, 2.05) is 0 Å². The summed E-state index contributed by atoms with van der Waals surface area (Å²) in [6.45, 7) is 6.37. The first-order valence-corrected chi connectivity index (χ1v) is 10.3. The molecule has 0 saturated heterocycles. The molecule has 0 aliphatic heterocycles. The number of nitrogens with zero attached hydrogens (tertiary/aromatic N) is 1. The molecule has 1 unspecified atom stereocenters. The lowest BCUT2D eigenvalue weighted by molar-refractivity contribution is -0.143. The number of aryl methyl sites for hydroxylation is 1. The van der Waals surface area contributed by atoms with Crippen LogP contribution in [0.15, 0.2) is 42.5 Å². The van der Waals surface area contributed by atoms with Crippen molar-refractivity contribution in [2.24, 2.45) is 11.1 Å². The highest BCUT2D eigenvalue weighted by molar-refractivity contribution is 7.81. The van der Waals surface area contributed by atoms with Gasteiger partial charge in [-0.15, -0.1) is 0 Å². The second-order valence-corrected chi connectivity index (χ2v) is 8.47. The van der Waals surface area contributed by atoms with Crippen LogP contribution in [-0.2, 0) is 25.6 Å². The summed E-state index contributed by atoms with van der Waals surface area (Å²) in [6.07, 6.45) is 0. The molecule has 0 fully saturated rings. The van der Waals surface area contributed by atoms with E-state index in [9.17, 15) is 23.1 Å². The first-order chi connectivity index (χ1) is 14.4. The number of ether oxygens (including phenoxy) is 2. The van der Waals surface area contributed by atoms with Gasteiger partial charge in [-0.1, -0.05) is 11.6 Å². The largest absolute Gasteiger partial charge is 0.426 e. The SMILES string of the molecule is Cc1ccc(N(c2ccc(OC(=O)C(C)(C)C)cc2)S(=O)O)c(C(=O)OC(=O)CN)c1. The summed E-state index contributed by atoms with van der Waals surface area (Å²) in [7, 11) is 0. The van der Waals surface area contributed by atoms with Crippen LogP contribution in [0.5, 0.6) is 5.75 Å². The zero-order valence-corrected chi connectivity index (χ0v) is 18.4. The lowest BCUT2D eigenvalue weighted by atomic mass is 9.97. The molecule has 0 amide bonds. The number of hydrogen-bond acceptors (Lipinski definition) is 7. The second-order valence-electron chi connectivity index (χ2n) is 7.64. The Labute approximate surface area is 182 Å². The van der Waals surface area contributed by atoms with E-state index in [4.69, 9.17) is 10.5 Å². The molecule has 0 aromatic heterocycles. The smallest absolute Gasteiger partial charge is 0.347 e. The van der Waals surface area contributed by atoms with Crippen LogP contribution in [0, 0.1) is 12.3 Å². The van der Waals surface area contributed by atoms with Crippen molar-refractivity contribution in [3.63, 3.8) is 0 Å². The molecule has 2 rings (SSSR count). The van der Waals surface area contributed by atoms with Gasteiger partial charge in [0.05, 0.1) is 28.9 Å². The van der Waals surface area contributed by atoms with Crippen molar-refractivity contribution in [1.29, 1.82) is 0 Å². The van der Waals surface area contributed by atoms with Crippen LogP contribution in [0.3, 0.4) is 0 Å². The van der Waals surface area contributed by atoms with Crippen molar-refractivity contribution < 1.29 is 32.6 Å². The van der Waals surface area contributed by atoms with Crippen molar-refractivity contribution in [3.8, 4) is 5.75 Å². The number of anilines is 2. The van der Waals surface area contributed by atoms with Gasteiger partial charge in [0.2, 0.25) is 0 Å². The number of carbonyl (C=O) groups is 3. The molecule has 0 aliphatic carbocycles. The van der Waals surface area contributed by atoms with E-state index < -0.39 is 41.1 Å². The average molecular weight is 448 g/mol. The molecule has 0 aliphatic rings. The zero-order valence-electron chi connectivity index (χ0n) is 17.6. The van der Waals surface area contributed by atoms with E-state index in [0.29, 0.717) is 5.56 Å². The first kappa shape index (κ1) is 24.2. The predicted octanol–water partition coefficient (Wildman–Crippen LogP) is 2.86. The van der Waals surface area contributed by atoms with Crippen LogP contribution in [0.2, 0.25) is 0 Å². The summed E-state index contributed by atoms with van der Waals surface area (Å²) in [4.78, 5) is 35.9. The molecule has 0 bridgehead atoms. The van der Waals surface area contributed by atoms with E-state index in [-0.39, 0.29) is 22.7 Å². The molecule has 2 aromatic rings. The van der Waals surface area contributed by atoms with Crippen molar-refractivity contribution in [3.05, 3.63) is 53.6 Å². The van der Waals surface area contributed by atoms with Crippen molar-refractivity contribution in [2.75, 3.05) is 10.8 Å². The lowest BCUT2D eigenvalue weighted by Crippen LogP contribution is -2.26. The quantitative estimate of drug-likeness (QED) is 0.298. The average Bonchev–Trinajstić information content (AvgIpc) is 2.69. The Hall–Kier alpha value is -3.08. The molecule has 1 atom stereocenters.